The zero-order valence-corrected chi connectivity index (χ0v) is 19.5. The normalized spacial score (nSPS) is 18.5. The molecule has 2 saturated heterocycles. The number of hydrogen-bond acceptors (Lipinski definition) is 3. The van der Waals surface area contributed by atoms with Crippen molar-refractivity contribution in [2.75, 3.05) is 33.2 Å². The Morgan fingerprint density at radius 3 is 2.19 bits per heavy atom. The molecule has 2 heterocycles. The molecule has 170 valence electrons. The van der Waals surface area contributed by atoms with Crippen molar-refractivity contribution in [3.63, 3.8) is 0 Å². The van der Waals surface area contributed by atoms with Crippen molar-refractivity contribution in [3.8, 4) is 0 Å². The van der Waals surface area contributed by atoms with Crippen LogP contribution in [0.3, 0.4) is 0 Å². The molecule has 0 aliphatic carbocycles. The molecule has 2 aromatic rings. The standard InChI is InChI=1S/C26H32ClN3O2/c1-28(19-20-7-3-2-4-8-20)25(31)21-11-15-29(16-12-21)22-13-17-30(18-14-22)26(32)23-9-5-6-10-24(23)27/h2-10,21-22H,11-19H2,1H3. The number of benzene rings is 2. The summed E-state index contributed by atoms with van der Waals surface area (Å²) in [4.78, 5) is 32.0. The van der Waals surface area contributed by atoms with Crippen molar-refractivity contribution in [2.24, 2.45) is 5.92 Å². The minimum atomic E-state index is 0.0276. The molecule has 2 amide bonds. The molecule has 2 aliphatic rings. The van der Waals surface area contributed by atoms with Gasteiger partial charge < -0.3 is 14.7 Å². The Morgan fingerprint density at radius 1 is 0.906 bits per heavy atom. The van der Waals surface area contributed by atoms with E-state index in [0.717, 1.165) is 51.9 Å². The summed E-state index contributed by atoms with van der Waals surface area (Å²) in [6, 6.07) is 17.9. The number of amides is 2. The van der Waals surface area contributed by atoms with Crippen LogP contribution in [0.25, 0.3) is 0 Å². The Labute approximate surface area is 195 Å². The molecule has 0 saturated carbocycles. The number of nitrogens with zero attached hydrogens (tertiary/aromatic N) is 3. The second-order valence-electron chi connectivity index (χ2n) is 8.99. The largest absolute Gasteiger partial charge is 0.341 e. The topological polar surface area (TPSA) is 43.9 Å². The minimum Gasteiger partial charge on any atom is -0.341 e. The molecular weight excluding hydrogens is 422 g/mol. The van der Waals surface area contributed by atoms with Crippen LogP contribution in [0.2, 0.25) is 5.02 Å². The van der Waals surface area contributed by atoms with E-state index >= 15 is 0 Å². The molecule has 0 unspecified atom stereocenters. The highest BCUT2D eigenvalue weighted by atomic mass is 35.5. The number of halogens is 1. The van der Waals surface area contributed by atoms with Gasteiger partial charge >= 0.3 is 0 Å². The van der Waals surface area contributed by atoms with Crippen LogP contribution in [0.5, 0.6) is 0 Å². The molecule has 0 radical (unpaired) electrons. The maximum atomic E-state index is 12.9. The molecule has 4 rings (SSSR count). The van der Waals surface area contributed by atoms with Gasteiger partial charge in [-0.1, -0.05) is 54.1 Å². The molecule has 2 aromatic carbocycles. The van der Waals surface area contributed by atoms with Crippen molar-refractivity contribution < 1.29 is 9.59 Å². The molecule has 6 heteroatoms. The minimum absolute atomic E-state index is 0.0276. The zero-order valence-electron chi connectivity index (χ0n) is 18.8. The van der Waals surface area contributed by atoms with Gasteiger partial charge in [0, 0.05) is 38.6 Å². The quantitative estimate of drug-likeness (QED) is 0.677. The molecular formula is C26H32ClN3O2. The lowest BCUT2D eigenvalue weighted by molar-refractivity contribution is -0.136. The first-order valence-corrected chi connectivity index (χ1v) is 12.0. The summed E-state index contributed by atoms with van der Waals surface area (Å²) < 4.78 is 0. The lowest BCUT2D eigenvalue weighted by Crippen LogP contribution is -2.50. The van der Waals surface area contributed by atoms with Crippen molar-refractivity contribution in [2.45, 2.75) is 38.3 Å². The van der Waals surface area contributed by atoms with Gasteiger partial charge in [-0.15, -0.1) is 0 Å². The molecule has 0 atom stereocenters. The first-order valence-electron chi connectivity index (χ1n) is 11.6. The van der Waals surface area contributed by atoms with E-state index in [9.17, 15) is 9.59 Å². The Hall–Kier alpha value is -2.37. The van der Waals surface area contributed by atoms with E-state index < -0.39 is 0 Å². The second-order valence-corrected chi connectivity index (χ2v) is 9.40. The fourth-order valence-electron chi connectivity index (χ4n) is 5.00. The van der Waals surface area contributed by atoms with Crippen molar-refractivity contribution in [3.05, 3.63) is 70.7 Å². The number of likely N-dealkylation sites (tertiary alicyclic amines) is 2. The average Bonchev–Trinajstić information content (AvgIpc) is 2.84. The van der Waals surface area contributed by atoms with Gasteiger partial charge in [-0.2, -0.15) is 0 Å². The summed E-state index contributed by atoms with van der Waals surface area (Å²) in [5, 5.41) is 0.517. The van der Waals surface area contributed by atoms with E-state index in [4.69, 9.17) is 11.6 Å². The molecule has 2 fully saturated rings. The summed E-state index contributed by atoms with van der Waals surface area (Å²) in [6.45, 7) is 4.09. The van der Waals surface area contributed by atoms with Crippen molar-refractivity contribution in [1.29, 1.82) is 0 Å². The predicted molar refractivity (Wildman–Crippen MR) is 128 cm³/mol. The summed E-state index contributed by atoms with van der Waals surface area (Å²) in [5.41, 5.74) is 1.76. The Balaban J connectivity index is 1.23. The van der Waals surface area contributed by atoms with Gasteiger partial charge in [-0.3, -0.25) is 9.59 Å². The fraction of sp³-hybridized carbons (Fsp3) is 0.462. The van der Waals surface area contributed by atoms with E-state index in [0.29, 0.717) is 23.2 Å². The lowest BCUT2D eigenvalue weighted by atomic mass is 9.92. The predicted octanol–water partition coefficient (Wildman–Crippen LogP) is 4.32. The maximum absolute atomic E-state index is 12.9. The van der Waals surface area contributed by atoms with Crippen LogP contribution in [0.15, 0.2) is 54.6 Å². The number of carbonyl (C=O) groups is 2. The maximum Gasteiger partial charge on any atom is 0.255 e. The summed E-state index contributed by atoms with van der Waals surface area (Å²) >= 11 is 6.21. The van der Waals surface area contributed by atoms with Gasteiger partial charge in [-0.05, 0) is 56.5 Å². The molecule has 0 aromatic heterocycles. The monoisotopic (exact) mass is 453 g/mol. The van der Waals surface area contributed by atoms with Crippen LogP contribution in [0.4, 0.5) is 0 Å². The second kappa shape index (κ2) is 10.5. The fourth-order valence-corrected chi connectivity index (χ4v) is 5.21. The number of rotatable bonds is 5. The molecule has 32 heavy (non-hydrogen) atoms. The van der Waals surface area contributed by atoms with Gasteiger partial charge in [0.2, 0.25) is 5.91 Å². The van der Waals surface area contributed by atoms with Crippen LogP contribution in [-0.2, 0) is 11.3 Å². The highest BCUT2D eigenvalue weighted by Gasteiger charge is 2.33. The number of carbonyl (C=O) groups excluding carboxylic acids is 2. The van der Waals surface area contributed by atoms with Gasteiger partial charge in [0.1, 0.15) is 0 Å². The van der Waals surface area contributed by atoms with E-state index in [1.165, 1.54) is 5.56 Å². The van der Waals surface area contributed by atoms with Gasteiger partial charge in [-0.25, -0.2) is 0 Å². The highest BCUT2D eigenvalue weighted by molar-refractivity contribution is 6.33. The molecule has 0 N–H and O–H groups in total. The third-order valence-electron chi connectivity index (χ3n) is 6.89. The zero-order chi connectivity index (χ0) is 22.5. The summed E-state index contributed by atoms with van der Waals surface area (Å²) in [6.07, 6.45) is 3.78. The Morgan fingerprint density at radius 2 is 1.53 bits per heavy atom. The number of piperidine rings is 2. The van der Waals surface area contributed by atoms with Crippen LogP contribution >= 0.6 is 11.6 Å². The van der Waals surface area contributed by atoms with Gasteiger partial charge in [0.25, 0.3) is 5.91 Å². The van der Waals surface area contributed by atoms with Gasteiger partial charge in [0.15, 0.2) is 0 Å². The molecule has 5 nitrogen and oxygen atoms in total. The first kappa shape index (κ1) is 22.8. The van der Waals surface area contributed by atoms with E-state index in [2.05, 4.69) is 17.0 Å². The van der Waals surface area contributed by atoms with Crippen LogP contribution in [0, 0.1) is 5.92 Å². The van der Waals surface area contributed by atoms with E-state index in [-0.39, 0.29) is 17.7 Å². The van der Waals surface area contributed by atoms with Gasteiger partial charge in [0.05, 0.1) is 10.6 Å². The number of hydrogen-bond donors (Lipinski definition) is 0. The van der Waals surface area contributed by atoms with E-state index in [1.54, 1.807) is 12.1 Å². The smallest absolute Gasteiger partial charge is 0.255 e. The van der Waals surface area contributed by atoms with Crippen LogP contribution in [0.1, 0.15) is 41.6 Å². The third-order valence-corrected chi connectivity index (χ3v) is 7.22. The Bertz CT molecular complexity index is 920. The van der Waals surface area contributed by atoms with Crippen molar-refractivity contribution in [1.82, 2.24) is 14.7 Å². The average molecular weight is 454 g/mol. The first-order chi connectivity index (χ1) is 15.5. The lowest BCUT2D eigenvalue weighted by Gasteiger charge is -2.42. The summed E-state index contributed by atoms with van der Waals surface area (Å²) in [5.74, 6) is 0.398. The van der Waals surface area contributed by atoms with Crippen LogP contribution in [-0.4, -0.2) is 65.8 Å². The summed E-state index contributed by atoms with van der Waals surface area (Å²) in [7, 11) is 1.91. The third kappa shape index (κ3) is 5.33. The Kier molecular flexibility index (Phi) is 7.48. The molecule has 2 aliphatic heterocycles. The molecule has 0 spiro atoms. The SMILES string of the molecule is CN(Cc1ccccc1)C(=O)C1CCN(C2CCN(C(=O)c3ccccc3Cl)CC2)CC1. The highest BCUT2D eigenvalue weighted by Crippen LogP contribution is 2.26. The van der Waals surface area contributed by atoms with E-state index in [1.807, 2.05) is 47.2 Å². The van der Waals surface area contributed by atoms with Crippen LogP contribution < -0.4 is 0 Å². The molecule has 0 bridgehead atoms. The van der Waals surface area contributed by atoms with Crippen molar-refractivity contribution >= 4 is 23.4 Å².